The third kappa shape index (κ3) is 2.05. The van der Waals surface area contributed by atoms with Crippen molar-refractivity contribution in [2.75, 3.05) is 20.2 Å². The van der Waals surface area contributed by atoms with Crippen LogP contribution in [0.25, 0.3) is 0 Å². The Morgan fingerprint density at radius 3 is 2.69 bits per heavy atom. The standard InChI is InChI=1S/C11H19NO/c1-13-11-6-4-10(5-7-11)12-8-2-3-9-12/h4,11H,2-3,5-9H2,1H3. The first-order chi connectivity index (χ1) is 6.40. The monoisotopic (exact) mass is 181 g/mol. The van der Waals surface area contributed by atoms with Gasteiger partial charge in [-0.15, -0.1) is 0 Å². The molecule has 0 aromatic carbocycles. The molecule has 2 rings (SSSR count). The third-order valence-corrected chi connectivity index (χ3v) is 3.18. The summed E-state index contributed by atoms with van der Waals surface area (Å²) in [4.78, 5) is 2.55. The second-order valence-electron chi connectivity index (χ2n) is 4.02. The van der Waals surface area contributed by atoms with Crippen LogP contribution in [0.1, 0.15) is 32.1 Å². The Balaban J connectivity index is 1.90. The number of rotatable bonds is 2. The van der Waals surface area contributed by atoms with Crippen molar-refractivity contribution in [2.24, 2.45) is 0 Å². The number of likely N-dealkylation sites (tertiary alicyclic amines) is 1. The van der Waals surface area contributed by atoms with Crippen LogP contribution in [0, 0.1) is 0 Å². The van der Waals surface area contributed by atoms with Gasteiger partial charge < -0.3 is 9.64 Å². The Hall–Kier alpha value is -0.500. The van der Waals surface area contributed by atoms with Crippen LogP contribution in [-0.2, 0) is 4.74 Å². The van der Waals surface area contributed by atoms with E-state index in [-0.39, 0.29) is 0 Å². The van der Waals surface area contributed by atoms with E-state index in [1.807, 2.05) is 7.11 Å². The third-order valence-electron chi connectivity index (χ3n) is 3.18. The molecule has 1 aliphatic carbocycles. The van der Waals surface area contributed by atoms with Crippen LogP contribution in [0.15, 0.2) is 11.8 Å². The largest absolute Gasteiger partial charge is 0.381 e. The number of ether oxygens (including phenoxy) is 1. The smallest absolute Gasteiger partial charge is 0.0610 e. The number of hydrogen-bond donors (Lipinski definition) is 0. The van der Waals surface area contributed by atoms with Crippen LogP contribution in [0.4, 0.5) is 0 Å². The molecule has 1 aliphatic heterocycles. The molecule has 0 N–H and O–H groups in total. The maximum atomic E-state index is 5.34. The van der Waals surface area contributed by atoms with E-state index in [2.05, 4.69) is 11.0 Å². The molecule has 0 spiro atoms. The predicted molar refractivity (Wildman–Crippen MR) is 53.5 cm³/mol. The Morgan fingerprint density at radius 1 is 1.38 bits per heavy atom. The second-order valence-corrected chi connectivity index (χ2v) is 4.02. The van der Waals surface area contributed by atoms with Gasteiger partial charge in [-0.05, 0) is 32.1 Å². The molecular weight excluding hydrogens is 162 g/mol. The first-order valence-electron chi connectivity index (χ1n) is 5.37. The molecule has 2 heteroatoms. The molecule has 1 saturated heterocycles. The fourth-order valence-electron chi connectivity index (χ4n) is 2.30. The van der Waals surface area contributed by atoms with E-state index in [1.54, 1.807) is 5.70 Å². The van der Waals surface area contributed by atoms with Gasteiger partial charge in [-0.25, -0.2) is 0 Å². The minimum absolute atomic E-state index is 0.478. The molecule has 13 heavy (non-hydrogen) atoms. The average molecular weight is 181 g/mol. The molecule has 0 radical (unpaired) electrons. The van der Waals surface area contributed by atoms with Gasteiger partial charge in [0.15, 0.2) is 0 Å². The van der Waals surface area contributed by atoms with Crippen molar-refractivity contribution in [2.45, 2.75) is 38.2 Å². The van der Waals surface area contributed by atoms with Gasteiger partial charge in [0.2, 0.25) is 0 Å². The van der Waals surface area contributed by atoms with E-state index < -0.39 is 0 Å². The Kier molecular flexibility index (Phi) is 2.89. The Labute approximate surface area is 80.6 Å². The minimum Gasteiger partial charge on any atom is -0.381 e. The molecule has 0 saturated carbocycles. The summed E-state index contributed by atoms with van der Waals surface area (Å²) in [6.07, 6.45) is 9.16. The molecule has 74 valence electrons. The van der Waals surface area contributed by atoms with Crippen LogP contribution in [-0.4, -0.2) is 31.2 Å². The molecule has 0 aromatic heterocycles. The lowest BCUT2D eigenvalue weighted by atomic mass is 10.0. The Morgan fingerprint density at radius 2 is 2.15 bits per heavy atom. The molecule has 1 atom stereocenters. The van der Waals surface area contributed by atoms with Gasteiger partial charge in [0.1, 0.15) is 0 Å². The van der Waals surface area contributed by atoms with Crippen LogP contribution >= 0.6 is 0 Å². The van der Waals surface area contributed by atoms with Gasteiger partial charge in [-0.2, -0.15) is 0 Å². The molecule has 1 fully saturated rings. The summed E-state index contributed by atoms with van der Waals surface area (Å²) in [5.74, 6) is 0. The normalized spacial score (nSPS) is 29.2. The first-order valence-corrected chi connectivity index (χ1v) is 5.37. The van der Waals surface area contributed by atoms with Gasteiger partial charge in [-0.3, -0.25) is 0 Å². The van der Waals surface area contributed by atoms with Crippen molar-refractivity contribution in [3.63, 3.8) is 0 Å². The lowest BCUT2D eigenvalue weighted by Crippen LogP contribution is -2.23. The van der Waals surface area contributed by atoms with Crippen LogP contribution < -0.4 is 0 Å². The fourth-order valence-corrected chi connectivity index (χ4v) is 2.30. The van der Waals surface area contributed by atoms with Crippen LogP contribution in [0.3, 0.4) is 0 Å². The molecule has 1 unspecified atom stereocenters. The molecule has 0 aromatic rings. The summed E-state index contributed by atoms with van der Waals surface area (Å²) in [5, 5.41) is 0. The van der Waals surface area contributed by atoms with E-state index in [4.69, 9.17) is 4.74 Å². The Bertz CT molecular complexity index is 194. The van der Waals surface area contributed by atoms with E-state index >= 15 is 0 Å². The lowest BCUT2D eigenvalue weighted by molar-refractivity contribution is 0.0905. The molecule has 2 aliphatic rings. The second kappa shape index (κ2) is 4.14. The summed E-state index contributed by atoms with van der Waals surface area (Å²) in [6, 6.07) is 0. The highest BCUT2D eigenvalue weighted by atomic mass is 16.5. The molecule has 1 heterocycles. The summed E-state index contributed by atoms with van der Waals surface area (Å²) in [7, 11) is 1.82. The lowest BCUT2D eigenvalue weighted by Gasteiger charge is -2.27. The minimum atomic E-state index is 0.478. The topological polar surface area (TPSA) is 12.5 Å². The molecule has 0 bridgehead atoms. The van der Waals surface area contributed by atoms with Crippen molar-refractivity contribution in [1.82, 2.24) is 4.90 Å². The number of methoxy groups -OCH3 is 1. The summed E-state index contributed by atoms with van der Waals surface area (Å²) in [6.45, 7) is 2.56. The van der Waals surface area contributed by atoms with E-state index in [1.165, 1.54) is 38.8 Å². The summed E-state index contributed by atoms with van der Waals surface area (Å²) in [5.41, 5.74) is 1.57. The number of hydrogen-bond acceptors (Lipinski definition) is 2. The van der Waals surface area contributed by atoms with Gasteiger partial charge in [0.05, 0.1) is 6.10 Å². The van der Waals surface area contributed by atoms with Gasteiger partial charge in [0.25, 0.3) is 0 Å². The van der Waals surface area contributed by atoms with E-state index in [0.717, 1.165) is 6.42 Å². The molecule has 0 amide bonds. The molecule has 2 nitrogen and oxygen atoms in total. The zero-order valence-electron chi connectivity index (χ0n) is 8.46. The average Bonchev–Trinajstić information content (AvgIpc) is 2.71. The maximum absolute atomic E-state index is 5.34. The zero-order chi connectivity index (χ0) is 9.10. The highest BCUT2D eigenvalue weighted by Gasteiger charge is 2.19. The predicted octanol–water partition coefficient (Wildman–Crippen LogP) is 2.17. The van der Waals surface area contributed by atoms with Crippen molar-refractivity contribution < 1.29 is 4.74 Å². The highest BCUT2D eigenvalue weighted by Crippen LogP contribution is 2.25. The quantitative estimate of drug-likeness (QED) is 0.647. The van der Waals surface area contributed by atoms with Crippen molar-refractivity contribution in [1.29, 1.82) is 0 Å². The van der Waals surface area contributed by atoms with Gasteiger partial charge >= 0.3 is 0 Å². The number of nitrogens with zero attached hydrogens (tertiary/aromatic N) is 1. The van der Waals surface area contributed by atoms with Crippen LogP contribution in [0.5, 0.6) is 0 Å². The van der Waals surface area contributed by atoms with Gasteiger partial charge in [-0.1, -0.05) is 6.08 Å². The maximum Gasteiger partial charge on any atom is 0.0610 e. The fraction of sp³-hybridized carbons (Fsp3) is 0.818. The SMILES string of the molecule is COC1CC=C(N2CCCC2)CC1. The van der Waals surface area contributed by atoms with E-state index in [9.17, 15) is 0 Å². The van der Waals surface area contributed by atoms with Gasteiger partial charge in [0, 0.05) is 25.9 Å². The highest BCUT2D eigenvalue weighted by molar-refractivity contribution is 5.07. The van der Waals surface area contributed by atoms with Crippen LogP contribution in [0.2, 0.25) is 0 Å². The van der Waals surface area contributed by atoms with Crippen molar-refractivity contribution >= 4 is 0 Å². The van der Waals surface area contributed by atoms with E-state index in [0.29, 0.717) is 6.10 Å². The van der Waals surface area contributed by atoms with Crippen molar-refractivity contribution in [3.8, 4) is 0 Å². The molecular formula is C11H19NO. The summed E-state index contributed by atoms with van der Waals surface area (Å²) >= 11 is 0. The zero-order valence-corrected chi connectivity index (χ0v) is 8.46. The summed E-state index contributed by atoms with van der Waals surface area (Å²) < 4.78 is 5.34. The number of allylic oxidation sites excluding steroid dienone is 1. The van der Waals surface area contributed by atoms with Crippen molar-refractivity contribution in [3.05, 3.63) is 11.8 Å². The first kappa shape index (κ1) is 9.07.